The Labute approximate surface area is 178 Å². The minimum Gasteiger partial charge on any atom is -0.490 e. The van der Waals surface area contributed by atoms with Crippen molar-refractivity contribution in [2.75, 3.05) is 20.5 Å². The van der Waals surface area contributed by atoms with Gasteiger partial charge in [-0.2, -0.15) is 0 Å². The summed E-state index contributed by atoms with van der Waals surface area (Å²) in [5.74, 6) is 1.94. The summed E-state index contributed by atoms with van der Waals surface area (Å²) < 4.78 is 29.9. The zero-order valence-electron chi connectivity index (χ0n) is 16.1. The largest absolute Gasteiger partial charge is 0.490 e. The monoisotopic (exact) mass is 459 g/mol. The van der Waals surface area contributed by atoms with Gasteiger partial charge in [0.2, 0.25) is 6.86 Å². The van der Waals surface area contributed by atoms with Crippen molar-refractivity contribution >= 4 is 15.9 Å². The summed E-state index contributed by atoms with van der Waals surface area (Å²) in [5, 5.41) is 3.23. The molecular weight excluding hydrogens is 437 g/mol. The summed E-state index contributed by atoms with van der Waals surface area (Å²) in [4.78, 5) is 0. The number of likely N-dealkylation sites (N-methyl/N-ethyl adjacent to an activating group) is 1. The highest BCUT2D eigenvalue weighted by Gasteiger charge is 2.12. The Morgan fingerprint density at radius 2 is 1.62 bits per heavy atom. The number of rotatable bonds is 10. The standard InChI is InChI=1S/C23H23BrFNO3/c1-26-22(18-7-9-19(10-8-18)29-16-25)15-28-23-13-20(11-12-21(23)24)27-14-17-5-3-2-4-6-17/h2-13,22,26H,14-16H2,1H3. The molecule has 0 amide bonds. The highest BCUT2D eigenvalue weighted by molar-refractivity contribution is 9.10. The van der Waals surface area contributed by atoms with Crippen LogP contribution in [0.2, 0.25) is 0 Å². The molecule has 6 heteroatoms. The van der Waals surface area contributed by atoms with Gasteiger partial charge in [0.05, 0.1) is 10.5 Å². The van der Waals surface area contributed by atoms with E-state index in [4.69, 9.17) is 14.2 Å². The van der Waals surface area contributed by atoms with Crippen molar-refractivity contribution in [2.45, 2.75) is 12.6 Å². The van der Waals surface area contributed by atoms with Crippen LogP contribution < -0.4 is 19.5 Å². The van der Waals surface area contributed by atoms with Crippen LogP contribution in [0.25, 0.3) is 0 Å². The van der Waals surface area contributed by atoms with E-state index in [9.17, 15) is 4.39 Å². The third kappa shape index (κ3) is 6.21. The first-order chi connectivity index (χ1) is 14.2. The number of hydrogen-bond donors (Lipinski definition) is 1. The fraction of sp³-hybridized carbons (Fsp3) is 0.217. The molecule has 1 atom stereocenters. The molecule has 1 unspecified atom stereocenters. The normalized spacial score (nSPS) is 11.7. The van der Waals surface area contributed by atoms with Crippen molar-refractivity contribution < 1.29 is 18.6 Å². The van der Waals surface area contributed by atoms with Crippen molar-refractivity contribution in [2.24, 2.45) is 0 Å². The van der Waals surface area contributed by atoms with E-state index >= 15 is 0 Å². The van der Waals surface area contributed by atoms with Crippen LogP contribution in [0, 0.1) is 0 Å². The van der Waals surface area contributed by atoms with Gasteiger partial charge in [-0.3, -0.25) is 0 Å². The molecule has 0 aliphatic rings. The SMILES string of the molecule is CNC(COc1cc(OCc2ccccc2)ccc1Br)c1ccc(OCF)cc1. The molecule has 0 bridgehead atoms. The minimum absolute atomic E-state index is 0.0322. The molecule has 3 rings (SSSR count). The quantitative estimate of drug-likeness (QED) is 0.423. The average Bonchev–Trinajstić information content (AvgIpc) is 2.76. The Morgan fingerprint density at radius 3 is 2.31 bits per heavy atom. The van der Waals surface area contributed by atoms with E-state index in [0.29, 0.717) is 24.7 Å². The van der Waals surface area contributed by atoms with Gasteiger partial charge >= 0.3 is 0 Å². The number of halogens is 2. The Morgan fingerprint density at radius 1 is 0.897 bits per heavy atom. The molecule has 0 fully saturated rings. The van der Waals surface area contributed by atoms with Crippen LogP contribution in [0.1, 0.15) is 17.2 Å². The molecular formula is C23H23BrFNO3. The van der Waals surface area contributed by atoms with Crippen LogP contribution in [-0.4, -0.2) is 20.5 Å². The van der Waals surface area contributed by atoms with Crippen LogP contribution in [0.15, 0.2) is 77.3 Å². The number of ether oxygens (including phenoxy) is 3. The molecule has 0 saturated heterocycles. The summed E-state index contributed by atoms with van der Waals surface area (Å²) in [5.41, 5.74) is 2.12. The lowest BCUT2D eigenvalue weighted by Gasteiger charge is -2.19. The molecule has 1 N–H and O–H groups in total. The highest BCUT2D eigenvalue weighted by atomic mass is 79.9. The molecule has 4 nitrogen and oxygen atoms in total. The first kappa shape index (κ1) is 21.1. The Kier molecular flexibility index (Phi) is 7.90. The van der Waals surface area contributed by atoms with Crippen molar-refractivity contribution in [3.8, 4) is 17.2 Å². The van der Waals surface area contributed by atoms with Gasteiger partial charge in [-0.25, -0.2) is 4.39 Å². The van der Waals surface area contributed by atoms with E-state index in [-0.39, 0.29) is 6.04 Å². The van der Waals surface area contributed by atoms with Crippen molar-refractivity contribution in [1.29, 1.82) is 0 Å². The number of hydrogen-bond acceptors (Lipinski definition) is 4. The third-order valence-electron chi connectivity index (χ3n) is 4.41. The van der Waals surface area contributed by atoms with Gasteiger partial charge in [-0.15, -0.1) is 0 Å². The highest BCUT2D eigenvalue weighted by Crippen LogP contribution is 2.31. The maximum Gasteiger partial charge on any atom is 0.228 e. The second-order valence-corrected chi connectivity index (χ2v) is 7.20. The number of alkyl halides is 1. The fourth-order valence-corrected chi connectivity index (χ4v) is 3.16. The van der Waals surface area contributed by atoms with Crippen LogP contribution in [0.3, 0.4) is 0 Å². The summed E-state index contributed by atoms with van der Waals surface area (Å²) in [6.45, 7) is 0.0729. The van der Waals surface area contributed by atoms with Crippen molar-refractivity contribution in [3.05, 3.63) is 88.4 Å². The molecule has 0 aliphatic heterocycles. The minimum atomic E-state index is -0.839. The lowest BCUT2D eigenvalue weighted by Crippen LogP contribution is -2.23. The van der Waals surface area contributed by atoms with E-state index in [0.717, 1.165) is 21.3 Å². The van der Waals surface area contributed by atoms with Crippen molar-refractivity contribution in [1.82, 2.24) is 5.32 Å². The lowest BCUT2D eigenvalue weighted by atomic mass is 10.1. The predicted octanol–water partition coefficient (Wildman–Crippen LogP) is 5.67. The van der Waals surface area contributed by atoms with Gasteiger partial charge in [0.15, 0.2) is 0 Å². The van der Waals surface area contributed by atoms with Crippen molar-refractivity contribution in [3.63, 3.8) is 0 Å². The molecule has 29 heavy (non-hydrogen) atoms. The molecule has 0 spiro atoms. The van der Waals surface area contributed by atoms with E-state index in [2.05, 4.69) is 21.2 Å². The molecule has 0 radical (unpaired) electrons. The zero-order valence-corrected chi connectivity index (χ0v) is 17.7. The van der Waals surface area contributed by atoms with Crippen LogP contribution in [0.5, 0.6) is 17.2 Å². The smallest absolute Gasteiger partial charge is 0.228 e. The van der Waals surface area contributed by atoms with Gasteiger partial charge in [0.25, 0.3) is 0 Å². The third-order valence-corrected chi connectivity index (χ3v) is 5.06. The molecule has 152 valence electrons. The summed E-state index contributed by atoms with van der Waals surface area (Å²) >= 11 is 3.53. The summed E-state index contributed by atoms with van der Waals surface area (Å²) in [6.07, 6.45) is 0. The van der Waals surface area contributed by atoms with Gasteiger partial charge in [0, 0.05) is 6.07 Å². The zero-order chi connectivity index (χ0) is 20.5. The molecule has 0 heterocycles. The average molecular weight is 460 g/mol. The van der Waals surface area contributed by atoms with Crippen LogP contribution in [-0.2, 0) is 6.61 Å². The lowest BCUT2D eigenvalue weighted by molar-refractivity contribution is 0.191. The second-order valence-electron chi connectivity index (χ2n) is 6.34. The Bertz CT molecular complexity index is 890. The van der Waals surface area contributed by atoms with E-state index in [1.54, 1.807) is 12.1 Å². The van der Waals surface area contributed by atoms with Crippen LogP contribution >= 0.6 is 15.9 Å². The predicted molar refractivity (Wildman–Crippen MR) is 115 cm³/mol. The molecule has 0 saturated carbocycles. The van der Waals surface area contributed by atoms with Gasteiger partial charge in [-0.05, 0) is 58.4 Å². The maximum absolute atomic E-state index is 12.3. The number of nitrogens with one attached hydrogen (secondary N) is 1. The Hall–Kier alpha value is -2.57. The van der Waals surface area contributed by atoms with Crippen LogP contribution in [0.4, 0.5) is 4.39 Å². The number of benzene rings is 3. The molecule has 0 aliphatic carbocycles. The fourth-order valence-electron chi connectivity index (χ4n) is 2.80. The maximum atomic E-state index is 12.3. The van der Waals surface area contributed by atoms with E-state index in [1.807, 2.05) is 67.7 Å². The molecule has 3 aromatic carbocycles. The Balaban J connectivity index is 1.62. The van der Waals surface area contributed by atoms with E-state index in [1.165, 1.54) is 0 Å². The second kappa shape index (κ2) is 10.8. The first-order valence-corrected chi connectivity index (χ1v) is 10.0. The van der Waals surface area contributed by atoms with Gasteiger partial charge in [0.1, 0.15) is 30.5 Å². The van der Waals surface area contributed by atoms with Gasteiger partial charge in [-0.1, -0.05) is 42.5 Å². The first-order valence-electron chi connectivity index (χ1n) is 9.24. The summed E-state index contributed by atoms with van der Waals surface area (Å²) in [6, 6.07) is 22.9. The molecule has 3 aromatic rings. The van der Waals surface area contributed by atoms with Gasteiger partial charge < -0.3 is 19.5 Å². The molecule has 0 aromatic heterocycles. The topological polar surface area (TPSA) is 39.7 Å². The van der Waals surface area contributed by atoms with E-state index < -0.39 is 6.86 Å². The summed E-state index contributed by atoms with van der Waals surface area (Å²) in [7, 11) is 1.87.